The average Bonchev–Trinajstić information content (AvgIpc) is 3.15. The Bertz CT molecular complexity index is 737. The van der Waals surface area contributed by atoms with Crippen LogP contribution in [0, 0.1) is 11.8 Å². The van der Waals surface area contributed by atoms with E-state index in [2.05, 4.69) is 32.8 Å². The highest BCUT2D eigenvalue weighted by Crippen LogP contribution is 2.33. The van der Waals surface area contributed by atoms with Crippen molar-refractivity contribution in [3.63, 3.8) is 0 Å². The van der Waals surface area contributed by atoms with Crippen molar-refractivity contribution in [3.8, 4) is 0 Å². The number of unbranched alkanes of at least 4 members (excludes halogenated alkanes) is 1. The maximum atomic E-state index is 12.9. The fourth-order valence-corrected chi connectivity index (χ4v) is 4.87. The third-order valence-corrected chi connectivity index (χ3v) is 6.66. The molecule has 1 aliphatic heterocycles. The smallest absolute Gasteiger partial charge is 0.225 e. The molecule has 1 aliphatic carbocycles. The Morgan fingerprint density at radius 1 is 1.11 bits per heavy atom. The maximum absolute atomic E-state index is 12.9. The lowest BCUT2D eigenvalue weighted by molar-refractivity contribution is -0.138. The Balaban J connectivity index is 1.23. The standard InChI is InChI=1S/C23H34N4O/c1-2-3-6-18-9-11-19(12-10-18)23(28)27-15-13-26(14-16-27)17-22-24-20-7-4-5-8-21(20)25-22/h4-5,7-8,18-19H,2-3,6,9-17H2,1H3,(H,24,25). The van der Waals surface area contributed by atoms with Gasteiger partial charge < -0.3 is 9.88 Å². The first-order valence-corrected chi connectivity index (χ1v) is 11.2. The van der Waals surface area contributed by atoms with Gasteiger partial charge >= 0.3 is 0 Å². The number of carbonyl (C=O) groups is 1. The molecular formula is C23H34N4O. The summed E-state index contributed by atoms with van der Waals surface area (Å²) >= 11 is 0. The molecule has 0 bridgehead atoms. The second kappa shape index (κ2) is 9.08. The van der Waals surface area contributed by atoms with Gasteiger partial charge in [-0.25, -0.2) is 4.98 Å². The first-order chi connectivity index (χ1) is 13.7. The van der Waals surface area contributed by atoms with Gasteiger partial charge in [0.25, 0.3) is 0 Å². The monoisotopic (exact) mass is 382 g/mol. The van der Waals surface area contributed by atoms with Crippen LogP contribution in [0.2, 0.25) is 0 Å². The molecule has 2 aliphatic rings. The molecule has 0 spiro atoms. The lowest BCUT2D eigenvalue weighted by atomic mass is 9.79. The molecule has 2 heterocycles. The minimum atomic E-state index is 0.278. The van der Waals surface area contributed by atoms with E-state index in [0.717, 1.165) is 68.3 Å². The van der Waals surface area contributed by atoms with Gasteiger partial charge in [-0.3, -0.25) is 9.69 Å². The number of amides is 1. The molecule has 1 saturated carbocycles. The van der Waals surface area contributed by atoms with Crippen LogP contribution in [0.4, 0.5) is 0 Å². The van der Waals surface area contributed by atoms with Crippen LogP contribution in [0.5, 0.6) is 0 Å². The number of nitrogens with one attached hydrogen (secondary N) is 1. The summed E-state index contributed by atoms with van der Waals surface area (Å²) in [6, 6.07) is 8.17. The molecule has 0 atom stereocenters. The van der Waals surface area contributed by atoms with Gasteiger partial charge in [0.2, 0.25) is 5.91 Å². The molecule has 5 nitrogen and oxygen atoms in total. The summed E-state index contributed by atoms with van der Waals surface area (Å²) in [5.74, 6) is 2.58. The van der Waals surface area contributed by atoms with E-state index in [1.807, 2.05) is 18.2 Å². The van der Waals surface area contributed by atoms with Crippen LogP contribution in [-0.4, -0.2) is 51.9 Å². The summed E-state index contributed by atoms with van der Waals surface area (Å²) in [7, 11) is 0. The van der Waals surface area contributed by atoms with Gasteiger partial charge in [0.05, 0.1) is 17.6 Å². The Kier molecular flexibility index (Phi) is 6.30. The van der Waals surface area contributed by atoms with Crippen molar-refractivity contribution in [3.05, 3.63) is 30.1 Å². The number of aromatic amines is 1. The molecule has 1 saturated heterocycles. The fraction of sp³-hybridized carbons (Fsp3) is 0.652. The van der Waals surface area contributed by atoms with Crippen LogP contribution in [0.25, 0.3) is 11.0 Å². The molecule has 1 N–H and O–H groups in total. The summed E-state index contributed by atoms with van der Waals surface area (Å²) in [5, 5.41) is 0. The lowest BCUT2D eigenvalue weighted by Crippen LogP contribution is -2.50. The van der Waals surface area contributed by atoms with E-state index in [1.54, 1.807) is 0 Å². The molecule has 1 aromatic heterocycles. The number of imidazole rings is 1. The highest BCUT2D eigenvalue weighted by Gasteiger charge is 2.31. The summed E-state index contributed by atoms with van der Waals surface area (Å²) < 4.78 is 0. The fourth-order valence-electron chi connectivity index (χ4n) is 4.87. The quantitative estimate of drug-likeness (QED) is 0.814. The van der Waals surface area contributed by atoms with Crippen molar-refractivity contribution >= 4 is 16.9 Å². The number of carbonyl (C=O) groups excluding carboxylic acids is 1. The zero-order valence-electron chi connectivity index (χ0n) is 17.2. The second-order valence-electron chi connectivity index (χ2n) is 8.66. The number of para-hydroxylation sites is 2. The molecule has 2 aromatic rings. The molecule has 1 amide bonds. The summed E-state index contributed by atoms with van der Waals surface area (Å²) in [6.45, 7) is 6.69. The summed E-state index contributed by atoms with van der Waals surface area (Å²) in [5.41, 5.74) is 2.13. The molecule has 1 aromatic carbocycles. The Hall–Kier alpha value is -1.88. The predicted octanol–water partition coefficient (Wildman–Crippen LogP) is 4.20. The largest absolute Gasteiger partial charge is 0.341 e. The van der Waals surface area contributed by atoms with Crippen LogP contribution in [0.3, 0.4) is 0 Å². The number of nitrogens with zero attached hydrogens (tertiary/aromatic N) is 3. The third kappa shape index (κ3) is 4.57. The molecule has 28 heavy (non-hydrogen) atoms. The normalized spacial score (nSPS) is 24.0. The highest BCUT2D eigenvalue weighted by molar-refractivity contribution is 5.79. The number of fused-ring (bicyclic) bond motifs is 1. The number of aromatic nitrogens is 2. The number of hydrogen-bond donors (Lipinski definition) is 1. The first kappa shape index (κ1) is 19.4. The van der Waals surface area contributed by atoms with E-state index >= 15 is 0 Å². The van der Waals surface area contributed by atoms with E-state index in [-0.39, 0.29) is 5.92 Å². The molecule has 5 heteroatoms. The van der Waals surface area contributed by atoms with Crippen LogP contribution in [-0.2, 0) is 11.3 Å². The number of piperazine rings is 1. The van der Waals surface area contributed by atoms with E-state index in [1.165, 1.54) is 32.1 Å². The second-order valence-corrected chi connectivity index (χ2v) is 8.66. The van der Waals surface area contributed by atoms with Crippen LogP contribution >= 0.6 is 0 Å². The van der Waals surface area contributed by atoms with Gasteiger partial charge in [-0.05, 0) is 43.7 Å². The van der Waals surface area contributed by atoms with Gasteiger partial charge in [-0.15, -0.1) is 0 Å². The summed E-state index contributed by atoms with van der Waals surface area (Å²) in [4.78, 5) is 25.6. The van der Waals surface area contributed by atoms with Gasteiger partial charge in [0.15, 0.2) is 0 Å². The molecule has 0 unspecified atom stereocenters. The molecule has 2 fully saturated rings. The zero-order chi connectivity index (χ0) is 19.3. The third-order valence-electron chi connectivity index (χ3n) is 6.66. The van der Waals surface area contributed by atoms with E-state index in [4.69, 9.17) is 0 Å². The summed E-state index contributed by atoms with van der Waals surface area (Å²) in [6.07, 6.45) is 8.70. The van der Waals surface area contributed by atoms with Crippen molar-refractivity contribution in [2.75, 3.05) is 26.2 Å². The van der Waals surface area contributed by atoms with Gasteiger partial charge in [0.1, 0.15) is 5.82 Å². The molecule has 152 valence electrons. The van der Waals surface area contributed by atoms with Crippen molar-refractivity contribution in [2.45, 2.75) is 58.4 Å². The van der Waals surface area contributed by atoms with Crippen molar-refractivity contribution in [2.24, 2.45) is 11.8 Å². The minimum absolute atomic E-state index is 0.278. The number of rotatable bonds is 6. The molecule has 0 radical (unpaired) electrons. The predicted molar refractivity (Wildman–Crippen MR) is 113 cm³/mol. The number of benzene rings is 1. The van der Waals surface area contributed by atoms with Crippen LogP contribution < -0.4 is 0 Å². The van der Waals surface area contributed by atoms with E-state index in [9.17, 15) is 4.79 Å². The van der Waals surface area contributed by atoms with Gasteiger partial charge in [0, 0.05) is 32.1 Å². The van der Waals surface area contributed by atoms with Crippen molar-refractivity contribution < 1.29 is 4.79 Å². The SMILES string of the molecule is CCCCC1CCC(C(=O)N2CCN(Cc3nc4ccccc4[nH]3)CC2)CC1. The Morgan fingerprint density at radius 3 is 2.57 bits per heavy atom. The van der Waals surface area contributed by atoms with E-state index < -0.39 is 0 Å². The van der Waals surface area contributed by atoms with Crippen molar-refractivity contribution in [1.82, 2.24) is 19.8 Å². The van der Waals surface area contributed by atoms with Crippen molar-refractivity contribution in [1.29, 1.82) is 0 Å². The minimum Gasteiger partial charge on any atom is -0.341 e. The maximum Gasteiger partial charge on any atom is 0.225 e. The van der Waals surface area contributed by atoms with Gasteiger partial charge in [-0.2, -0.15) is 0 Å². The van der Waals surface area contributed by atoms with Crippen LogP contribution in [0.1, 0.15) is 57.7 Å². The van der Waals surface area contributed by atoms with Gasteiger partial charge in [-0.1, -0.05) is 38.3 Å². The Morgan fingerprint density at radius 2 is 1.86 bits per heavy atom. The molecular weight excluding hydrogens is 348 g/mol. The van der Waals surface area contributed by atoms with E-state index in [0.29, 0.717) is 5.91 Å². The highest BCUT2D eigenvalue weighted by atomic mass is 16.2. The number of H-pyrrole nitrogens is 1. The topological polar surface area (TPSA) is 52.2 Å². The lowest BCUT2D eigenvalue weighted by Gasteiger charge is -2.37. The average molecular weight is 383 g/mol. The number of hydrogen-bond acceptors (Lipinski definition) is 3. The zero-order valence-corrected chi connectivity index (χ0v) is 17.2. The van der Waals surface area contributed by atoms with Crippen LogP contribution in [0.15, 0.2) is 24.3 Å². The molecule has 4 rings (SSSR count). The Labute approximate surface area is 168 Å². The first-order valence-electron chi connectivity index (χ1n) is 11.2.